The third-order valence-electron chi connectivity index (χ3n) is 1.85. The molecular weight excluding hydrogens is 194 g/mol. The highest BCUT2D eigenvalue weighted by molar-refractivity contribution is 7.98. The first-order chi connectivity index (χ1) is 6.83. The molecule has 0 aliphatic carbocycles. The van der Waals surface area contributed by atoms with Gasteiger partial charge >= 0.3 is 0 Å². The molecule has 0 unspecified atom stereocenters. The van der Waals surface area contributed by atoms with Crippen LogP contribution in [0.15, 0.2) is 41.8 Å². The number of anilines is 1. The number of carbonyl (C=O) groups excluding carboxylic acids is 1. The molecule has 74 valence electrons. The fraction of sp³-hybridized carbons (Fsp3) is 0.182. The van der Waals surface area contributed by atoms with Crippen LogP contribution < -0.4 is 4.90 Å². The summed E-state index contributed by atoms with van der Waals surface area (Å²) in [6.07, 6.45) is 4.54. The van der Waals surface area contributed by atoms with Gasteiger partial charge in [0.1, 0.15) is 0 Å². The van der Waals surface area contributed by atoms with Gasteiger partial charge in [-0.2, -0.15) is 0 Å². The second-order valence-electron chi connectivity index (χ2n) is 2.72. The van der Waals surface area contributed by atoms with E-state index in [1.165, 1.54) is 0 Å². The third-order valence-corrected chi connectivity index (χ3v) is 2.63. The zero-order chi connectivity index (χ0) is 10.4. The van der Waals surface area contributed by atoms with E-state index in [4.69, 9.17) is 0 Å². The van der Waals surface area contributed by atoms with Crippen LogP contribution in [0, 0.1) is 0 Å². The van der Waals surface area contributed by atoms with Crippen molar-refractivity contribution in [3.63, 3.8) is 0 Å². The molecule has 0 saturated carbocycles. The molecule has 1 rings (SSSR count). The van der Waals surface area contributed by atoms with Crippen LogP contribution in [0.5, 0.6) is 0 Å². The highest BCUT2D eigenvalue weighted by Gasteiger charge is 2.06. The second kappa shape index (κ2) is 5.50. The van der Waals surface area contributed by atoms with Gasteiger partial charge in [-0.15, -0.1) is 18.3 Å². The van der Waals surface area contributed by atoms with Gasteiger partial charge in [-0.25, -0.2) is 0 Å². The molecule has 0 aliphatic rings. The van der Waals surface area contributed by atoms with Crippen LogP contribution in [0.2, 0.25) is 0 Å². The lowest BCUT2D eigenvalue weighted by Crippen LogP contribution is -2.21. The predicted molar refractivity (Wildman–Crippen MR) is 61.8 cm³/mol. The Morgan fingerprint density at radius 3 is 2.79 bits per heavy atom. The average Bonchev–Trinajstić information content (AvgIpc) is 2.26. The lowest BCUT2D eigenvalue weighted by Gasteiger charge is -2.17. The molecular formula is C11H13NOS. The Hall–Kier alpha value is -1.22. The van der Waals surface area contributed by atoms with Gasteiger partial charge in [0.15, 0.2) is 0 Å². The normalized spacial score (nSPS) is 9.50. The van der Waals surface area contributed by atoms with Crippen molar-refractivity contribution >= 4 is 23.9 Å². The van der Waals surface area contributed by atoms with E-state index in [1.807, 2.05) is 30.5 Å². The largest absolute Gasteiger partial charge is 0.310 e. The molecule has 14 heavy (non-hydrogen) atoms. The molecule has 0 saturated heterocycles. The van der Waals surface area contributed by atoms with Crippen LogP contribution >= 0.6 is 11.8 Å². The lowest BCUT2D eigenvalue weighted by atomic mass is 10.3. The van der Waals surface area contributed by atoms with Crippen molar-refractivity contribution in [1.82, 2.24) is 0 Å². The van der Waals surface area contributed by atoms with Crippen molar-refractivity contribution in [3.05, 3.63) is 36.9 Å². The smallest absolute Gasteiger partial charge is 0.214 e. The van der Waals surface area contributed by atoms with Crippen molar-refractivity contribution in [3.8, 4) is 0 Å². The lowest BCUT2D eigenvalue weighted by molar-refractivity contribution is -0.107. The molecule has 0 radical (unpaired) electrons. The number of hydrogen-bond acceptors (Lipinski definition) is 2. The maximum Gasteiger partial charge on any atom is 0.214 e. The van der Waals surface area contributed by atoms with Gasteiger partial charge in [0.05, 0.1) is 5.69 Å². The van der Waals surface area contributed by atoms with Gasteiger partial charge in [-0.05, 0) is 18.4 Å². The van der Waals surface area contributed by atoms with E-state index in [-0.39, 0.29) is 0 Å². The molecule has 1 amide bonds. The Bertz CT molecular complexity index is 325. The molecule has 0 spiro atoms. The number of amides is 1. The minimum Gasteiger partial charge on any atom is -0.310 e. The van der Waals surface area contributed by atoms with E-state index < -0.39 is 0 Å². The van der Waals surface area contributed by atoms with E-state index >= 15 is 0 Å². The van der Waals surface area contributed by atoms with Crippen molar-refractivity contribution in [1.29, 1.82) is 0 Å². The SMILES string of the molecule is C=CCN(C=O)c1ccccc1SC. The fourth-order valence-corrected chi connectivity index (χ4v) is 1.81. The van der Waals surface area contributed by atoms with Gasteiger partial charge in [-0.3, -0.25) is 4.79 Å². The Balaban J connectivity index is 3.01. The molecule has 3 heteroatoms. The van der Waals surface area contributed by atoms with Crippen LogP contribution in [-0.2, 0) is 4.79 Å². The second-order valence-corrected chi connectivity index (χ2v) is 3.57. The summed E-state index contributed by atoms with van der Waals surface area (Å²) in [5.74, 6) is 0. The monoisotopic (exact) mass is 207 g/mol. The third kappa shape index (κ3) is 2.39. The van der Waals surface area contributed by atoms with E-state index in [0.29, 0.717) is 6.54 Å². The molecule has 0 aromatic heterocycles. The summed E-state index contributed by atoms with van der Waals surface area (Å²) in [5, 5.41) is 0. The standard InChI is InChI=1S/C11H13NOS/c1-3-8-12(9-13)10-6-4-5-7-11(10)14-2/h3-7,9H,1,8H2,2H3. The number of nitrogens with zero attached hydrogens (tertiary/aromatic N) is 1. The highest BCUT2D eigenvalue weighted by Crippen LogP contribution is 2.27. The van der Waals surface area contributed by atoms with Gasteiger partial charge in [0.25, 0.3) is 0 Å². The number of para-hydroxylation sites is 1. The first-order valence-electron chi connectivity index (χ1n) is 4.29. The molecule has 0 heterocycles. The molecule has 0 bridgehead atoms. The van der Waals surface area contributed by atoms with Gasteiger partial charge in [-0.1, -0.05) is 18.2 Å². The van der Waals surface area contributed by atoms with E-state index in [9.17, 15) is 4.79 Å². The van der Waals surface area contributed by atoms with Gasteiger partial charge in [0, 0.05) is 11.4 Å². The van der Waals surface area contributed by atoms with E-state index in [1.54, 1.807) is 22.7 Å². The maximum absolute atomic E-state index is 10.8. The van der Waals surface area contributed by atoms with Crippen molar-refractivity contribution in [2.75, 3.05) is 17.7 Å². The Labute approximate surface area is 88.6 Å². The summed E-state index contributed by atoms with van der Waals surface area (Å²) in [6, 6.07) is 7.82. The molecule has 0 fully saturated rings. The molecule has 2 nitrogen and oxygen atoms in total. The topological polar surface area (TPSA) is 20.3 Å². The van der Waals surface area contributed by atoms with Crippen molar-refractivity contribution in [2.45, 2.75) is 4.90 Å². The molecule has 1 aromatic carbocycles. The number of hydrogen-bond donors (Lipinski definition) is 0. The summed E-state index contributed by atoms with van der Waals surface area (Å²) < 4.78 is 0. The van der Waals surface area contributed by atoms with Crippen molar-refractivity contribution in [2.24, 2.45) is 0 Å². The molecule has 1 aromatic rings. The zero-order valence-corrected chi connectivity index (χ0v) is 8.96. The molecule has 0 N–H and O–H groups in total. The van der Waals surface area contributed by atoms with Crippen LogP contribution in [0.1, 0.15) is 0 Å². The Kier molecular flexibility index (Phi) is 4.26. The quantitative estimate of drug-likeness (QED) is 0.420. The van der Waals surface area contributed by atoms with Crippen LogP contribution in [0.3, 0.4) is 0 Å². The summed E-state index contributed by atoms with van der Waals surface area (Å²) in [5.41, 5.74) is 0.940. The summed E-state index contributed by atoms with van der Waals surface area (Å²) in [6.45, 7) is 4.16. The van der Waals surface area contributed by atoms with Gasteiger partial charge < -0.3 is 4.90 Å². The minimum absolute atomic E-state index is 0.543. The van der Waals surface area contributed by atoms with Crippen LogP contribution in [-0.4, -0.2) is 19.2 Å². The number of rotatable bonds is 5. The molecule has 0 atom stereocenters. The first kappa shape index (κ1) is 10.9. The van der Waals surface area contributed by atoms with E-state index in [2.05, 4.69) is 6.58 Å². The first-order valence-corrected chi connectivity index (χ1v) is 5.51. The van der Waals surface area contributed by atoms with Crippen LogP contribution in [0.25, 0.3) is 0 Å². The zero-order valence-electron chi connectivity index (χ0n) is 8.14. The van der Waals surface area contributed by atoms with Crippen molar-refractivity contribution < 1.29 is 4.79 Å². The van der Waals surface area contributed by atoms with E-state index in [0.717, 1.165) is 17.0 Å². The van der Waals surface area contributed by atoms with Gasteiger partial charge in [0.2, 0.25) is 6.41 Å². The number of benzene rings is 1. The number of carbonyl (C=O) groups is 1. The summed E-state index contributed by atoms with van der Waals surface area (Å²) >= 11 is 1.63. The predicted octanol–water partition coefficient (Wildman–Crippen LogP) is 2.56. The minimum atomic E-state index is 0.543. The summed E-state index contributed by atoms with van der Waals surface area (Å²) in [7, 11) is 0. The average molecular weight is 207 g/mol. The Morgan fingerprint density at radius 2 is 2.21 bits per heavy atom. The summed E-state index contributed by atoms with van der Waals surface area (Å²) in [4.78, 5) is 13.6. The number of thioether (sulfide) groups is 1. The molecule has 0 aliphatic heterocycles. The highest BCUT2D eigenvalue weighted by atomic mass is 32.2. The van der Waals surface area contributed by atoms with Crippen LogP contribution in [0.4, 0.5) is 5.69 Å². The maximum atomic E-state index is 10.8. The Morgan fingerprint density at radius 1 is 1.50 bits per heavy atom. The fourth-order valence-electron chi connectivity index (χ4n) is 1.20.